The molecule has 0 spiro atoms. The zero-order chi connectivity index (χ0) is 23.1. The molecule has 1 aliphatic rings. The van der Waals surface area contributed by atoms with Crippen molar-refractivity contribution in [3.63, 3.8) is 0 Å². The number of nitrogens with one attached hydrogen (secondary N) is 2. The van der Waals surface area contributed by atoms with Gasteiger partial charge in [-0.15, -0.1) is 0 Å². The summed E-state index contributed by atoms with van der Waals surface area (Å²) in [7, 11) is -2.49. The largest absolute Gasteiger partial charge is 0.495 e. The Morgan fingerprint density at radius 1 is 1.06 bits per heavy atom. The van der Waals surface area contributed by atoms with Crippen LogP contribution in [0, 0.1) is 0 Å². The summed E-state index contributed by atoms with van der Waals surface area (Å²) in [5.41, 5.74) is 0.993. The van der Waals surface area contributed by atoms with Crippen LogP contribution < -0.4 is 15.4 Å². The maximum absolute atomic E-state index is 13.1. The van der Waals surface area contributed by atoms with Gasteiger partial charge in [-0.1, -0.05) is 13.0 Å². The average Bonchev–Trinajstić information content (AvgIpc) is 2.82. The summed E-state index contributed by atoms with van der Waals surface area (Å²) in [6.45, 7) is 3.60. The van der Waals surface area contributed by atoms with Gasteiger partial charge in [0.2, 0.25) is 10.0 Å². The number of benzene rings is 2. The normalized spacial score (nSPS) is 14.6. The molecular weight excluding hydrogens is 434 g/mol. The highest BCUT2D eigenvalue weighted by Crippen LogP contribution is 2.29. The van der Waals surface area contributed by atoms with Gasteiger partial charge in [0.05, 0.1) is 20.3 Å². The molecule has 3 rings (SSSR count). The Labute approximate surface area is 187 Å². The summed E-state index contributed by atoms with van der Waals surface area (Å²) in [5.74, 6) is -0.578. The predicted molar refractivity (Wildman–Crippen MR) is 120 cm³/mol. The Hall–Kier alpha value is -2.95. The van der Waals surface area contributed by atoms with E-state index >= 15 is 0 Å². The number of nitrogens with zero attached hydrogens (tertiary/aromatic N) is 1. The monoisotopic (exact) mass is 461 g/mol. The molecule has 32 heavy (non-hydrogen) atoms. The standard InChI is InChI=1S/C22H27N3O6S/c1-3-9-23-21(26)16-5-4-6-18(14-16)24-22(27)17-7-8-19(30-2)20(15-17)32(28,29)25-10-12-31-13-11-25/h4-8,14-15H,3,9-13H2,1-2H3,(H,23,26)(H,24,27). The summed E-state index contributed by atoms with van der Waals surface area (Å²) in [6, 6.07) is 10.8. The lowest BCUT2D eigenvalue weighted by molar-refractivity contribution is 0.0729. The van der Waals surface area contributed by atoms with Crippen molar-refractivity contribution in [1.82, 2.24) is 9.62 Å². The van der Waals surface area contributed by atoms with Crippen LogP contribution >= 0.6 is 0 Å². The molecule has 1 heterocycles. The van der Waals surface area contributed by atoms with Crippen molar-refractivity contribution >= 4 is 27.5 Å². The zero-order valence-corrected chi connectivity index (χ0v) is 18.9. The van der Waals surface area contributed by atoms with Crippen molar-refractivity contribution in [2.75, 3.05) is 45.3 Å². The van der Waals surface area contributed by atoms with Gasteiger partial charge in [0, 0.05) is 36.4 Å². The number of hydrogen-bond donors (Lipinski definition) is 2. The highest BCUT2D eigenvalue weighted by Gasteiger charge is 2.30. The molecule has 0 aromatic heterocycles. The van der Waals surface area contributed by atoms with Crippen molar-refractivity contribution in [3.8, 4) is 5.75 Å². The summed E-state index contributed by atoms with van der Waals surface area (Å²) < 4.78 is 38.0. The summed E-state index contributed by atoms with van der Waals surface area (Å²) >= 11 is 0. The van der Waals surface area contributed by atoms with Crippen LogP contribution in [0.2, 0.25) is 0 Å². The Morgan fingerprint density at radius 2 is 1.78 bits per heavy atom. The molecule has 0 unspecified atom stereocenters. The number of methoxy groups -OCH3 is 1. The Morgan fingerprint density at radius 3 is 2.47 bits per heavy atom. The van der Waals surface area contributed by atoms with Gasteiger partial charge in [-0.25, -0.2) is 8.42 Å². The molecule has 1 aliphatic heterocycles. The Kier molecular flexibility index (Phi) is 7.84. The first-order valence-corrected chi connectivity index (χ1v) is 11.8. The van der Waals surface area contributed by atoms with Crippen LogP contribution in [0.5, 0.6) is 5.75 Å². The first kappa shape index (κ1) is 23.7. The molecule has 0 radical (unpaired) electrons. The Balaban J connectivity index is 1.83. The van der Waals surface area contributed by atoms with Crippen LogP contribution in [0.25, 0.3) is 0 Å². The number of amides is 2. The molecule has 2 aromatic rings. The van der Waals surface area contributed by atoms with E-state index in [1.165, 1.54) is 29.6 Å². The summed E-state index contributed by atoms with van der Waals surface area (Å²) in [6.07, 6.45) is 0.815. The predicted octanol–water partition coefficient (Wildman–Crippen LogP) is 2.11. The molecule has 1 saturated heterocycles. The Bertz CT molecular complexity index is 1080. The maximum atomic E-state index is 13.1. The minimum atomic E-state index is -3.87. The van der Waals surface area contributed by atoms with Crippen molar-refractivity contribution < 1.29 is 27.5 Å². The van der Waals surface area contributed by atoms with Crippen molar-refractivity contribution in [1.29, 1.82) is 0 Å². The lowest BCUT2D eigenvalue weighted by Crippen LogP contribution is -2.40. The number of rotatable bonds is 8. The van der Waals surface area contributed by atoms with E-state index < -0.39 is 15.9 Å². The minimum absolute atomic E-state index is 0.0813. The smallest absolute Gasteiger partial charge is 0.255 e. The van der Waals surface area contributed by atoms with Crippen LogP contribution in [-0.2, 0) is 14.8 Å². The molecule has 2 N–H and O–H groups in total. The quantitative estimate of drug-likeness (QED) is 0.622. The van der Waals surface area contributed by atoms with E-state index in [1.807, 2.05) is 6.92 Å². The van der Waals surface area contributed by atoms with Crippen LogP contribution in [-0.4, -0.2) is 64.5 Å². The summed E-state index contributed by atoms with van der Waals surface area (Å²) in [4.78, 5) is 24.9. The van der Waals surface area contributed by atoms with Crippen molar-refractivity contribution in [2.45, 2.75) is 18.2 Å². The molecule has 1 fully saturated rings. The molecule has 0 saturated carbocycles. The number of sulfonamides is 1. The molecule has 0 aliphatic carbocycles. The molecule has 10 heteroatoms. The third kappa shape index (κ3) is 5.45. The zero-order valence-electron chi connectivity index (χ0n) is 18.1. The topological polar surface area (TPSA) is 114 Å². The number of carbonyl (C=O) groups is 2. The fraction of sp³-hybridized carbons (Fsp3) is 0.364. The highest BCUT2D eigenvalue weighted by atomic mass is 32.2. The molecule has 2 aromatic carbocycles. The van der Waals surface area contributed by atoms with E-state index in [0.29, 0.717) is 31.0 Å². The molecule has 0 bridgehead atoms. The molecule has 9 nitrogen and oxygen atoms in total. The van der Waals surface area contributed by atoms with Gasteiger partial charge in [0.25, 0.3) is 11.8 Å². The van der Waals surface area contributed by atoms with Gasteiger partial charge in [-0.2, -0.15) is 4.31 Å². The second kappa shape index (κ2) is 10.6. The number of ether oxygens (including phenoxy) is 2. The van der Waals surface area contributed by atoms with Gasteiger partial charge in [-0.3, -0.25) is 9.59 Å². The second-order valence-corrected chi connectivity index (χ2v) is 9.08. The van der Waals surface area contributed by atoms with Gasteiger partial charge >= 0.3 is 0 Å². The first-order valence-electron chi connectivity index (χ1n) is 10.3. The highest BCUT2D eigenvalue weighted by molar-refractivity contribution is 7.89. The first-order chi connectivity index (χ1) is 15.4. The lowest BCUT2D eigenvalue weighted by Gasteiger charge is -2.26. The van der Waals surface area contributed by atoms with Gasteiger partial charge < -0.3 is 20.1 Å². The number of hydrogen-bond acceptors (Lipinski definition) is 6. The number of anilines is 1. The SMILES string of the molecule is CCCNC(=O)c1cccc(NC(=O)c2ccc(OC)c(S(=O)(=O)N3CCOCC3)c2)c1. The lowest BCUT2D eigenvalue weighted by atomic mass is 10.1. The van der Waals surface area contributed by atoms with E-state index in [0.717, 1.165) is 6.42 Å². The number of morpholine rings is 1. The van der Waals surface area contributed by atoms with Crippen LogP contribution in [0.15, 0.2) is 47.4 Å². The third-order valence-electron chi connectivity index (χ3n) is 4.93. The molecule has 0 atom stereocenters. The van der Waals surface area contributed by atoms with E-state index in [9.17, 15) is 18.0 Å². The number of carbonyl (C=O) groups excluding carboxylic acids is 2. The minimum Gasteiger partial charge on any atom is -0.495 e. The average molecular weight is 462 g/mol. The maximum Gasteiger partial charge on any atom is 0.255 e. The molecule has 2 amide bonds. The van der Waals surface area contributed by atoms with Gasteiger partial charge in [0.1, 0.15) is 10.6 Å². The van der Waals surface area contributed by atoms with Crippen molar-refractivity contribution in [3.05, 3.63) is 53.6 Å². The van der Waals surface area contributed by atoms with Gasteiger partial charge in [0.15, 0.2) is 0 Å². The van der Waals surface area contributed by atoms with Crippen LogP contribution in [0.1, 0.15) is 34.1 Å². The third-order valence-corrected chi connectivity index (χ3v) is 6.85. The fourth-order valence-electron chi connectivity index (χ4n) is 3.23. The van der Waals surface area contributed by atoms with Crippen LogP contribution in [0.3, 0.4) is 0 Å². The van der Waals surface area contributed by atoms with E-state index in [4.69, 9.17) is 9.47 Å². The fourth-order valence-corrected chi connectivity index (χ4v) is 4.82. The summed E-state index contributed by atoms with van der Waals surface area (Å²) in [5, 5.41) is 5.50. The van der Waals surface area contributed by atoms with E-state index in [-0.39, 0.29) is 35.2 Å². The second-order valence-electron chi connectivity index (χ2n) is 7.17. The molecular formula is C22H27N3O6S. The van der Waals surface area contributed by atoms with E-state index in [2.05, 4.69) is 10.6 Å². The van der Waals surface area contributed by atoms with Crippen molar-refractivity contribution in [2.24, 2.45) is 0 Å². The van der Waals surface area contributed by atoms with E-state index in [1.54, 1.807) is 24.3 Å². The van der Waals surface area contributed by atoms with Crippen LogP contribution in [0.4, 0.5) is 5.69 Å². The molecule has 172 valence electrons. The van der Waals surface area contributed by atoms with Gasteiger partial charge in [-0.05, 0) is 42.8 Å².